The molecule has 1 aliphatic heterocycles. The van der Waals surface area contributed by atoms with Crippen molar-refractivity contribution in [3.63, 3.8) is 0 Å². The molecule has 11 nitrogen and oxygen atoms in total. The summed E-state index contributed by atoms with van der Waals surface area (Å²) >= 11 is 0. The minimum Gasteiger partial charge on any atom is -0.444 e. The predicted octanol–water partition coefficient (Wildman–Crippen LogP) is 5.73. The van der Waals surface area contributed by atoms with Crippen LogP contribution < -0.4 is 15.8 Å². The molecule has 3 aromatic rings. The van der Waals surface area contributed by atoms with Crippen molar-refractivity contribution in [2.24, 2.45) is 17.1 Å². The van der Waals surface area contributed by atoms with Crippen molar-refractivity contribution in [1.29, 1.82) is 0 Å². The molecular weight excluding hydrogens is 719 g/mol. The molecule has 3 aromatic carbocycles. The van der Waals surface area contributed by atoms with Crippen LogP contribution in [0.15, 0.2) is 77.7 Å². The summed E-state index contributed by atoms with van der Waals surface area (Å²) in [6, 6.07) is 16.0. The Labute approximate surface area is 316 Å². The monoisotopic (exact) mass is 770 g/mol. The first-order valence-corrected chi connectivity index (χ1v) is 19.9. The number of halogens is 2. The molecule has 3 atom stereocenters. The number of nitrogens with two attached hydrogens (primary N) is 1. The molecular formula is C40H52F2N4O7S. The normalized spacial score (nSPS) is 17.6. The Morgan fingerprint density at radius 2 is 1.69 bits per heavy atom. The van der Waals surface area contributed by atoms with E-state index < -0.39 is 62.7 Å². The molecule has 14 heteroatoms. The average molecular weight is 771 g/mol. The van der Waals surface area contributed by atoms with Gasteiger partial charge in [0.2, 0.25) is 15.9 Å². The van der Waals surface area contributed by atoms with E-state index in [1.54, 1.807) is 57.2 Å². The van der Waals surface area contributed by atoms with Crippen molar-refractivity contribution in [1.82, 2.24) is 9.62 Å². The summed E-state index contributed by atoms with van der Waals surface area (Å²) in [6.45, 7) is 6.05. The van der Waals surface area contributed by atoms with Crippen LogP contribution in [0.25, 0.3) is 0 Å². The van der Waals surface area contributed by atoms with E-state index in [0.29, 0.717) is 44.5 Å². The van der Waals surface area contributed by atoms with Gasteiger partial charge in [0.15, 0.2) is 0 Å². The molecule has 0 bridgehead atoms. The highest BCUT2D eigenvalue weighted by Gasteiger charge is 2.45. The number of nitrogens with zero attached hydrogens (tertiary/aromatic N) is 1. The van der Waals surface area contributed by atoms with Gasteiger partial charge in [0.1, 0.15) is 17.2 Å². The van der Waals surface area contributed by atoms with E-state index in [4.69, 9.17) is 15.2 Å². The van der Waals surface area contributed by atoms with Crippen LogP contribution in [-0.2, 0) is 30.7 Å². The number of aliphatic hydroxyl groups excluding tert-OH is 1. The maximum atomic E-state index is 15.7. The van der Waals surface area contributed by atoms with Gasteiger partial charge < -0.3 is 30.5 Å². The molecule has 3 unspecified atom stereocenters. The second kappa shape index (κ2) is 17.7. The molecule has 1 aliphatic carbocycles. The summed E-state index contributed by atoms with van der Waals surface area (Å²) in [4.78, 5) is 28.8. The number of hydrogen-bond donors (Lipinski definition) is 4. The van der Waals surface area contributed by atoms with Crippen LogP contribution in [0, 0.1) is 23.0 Å². The number of benzene rings is 3. The summed E-state index contributed by atoms with van der Waals surface area (Å²) < 4.78 is 70.7. The van der Waals surface area contributed by atoms with Gasteiger partial charge in [-0.3, -0.25) is 4.79 Å². The van der Waals surface area contributed by atoms with Crippen LogP contribution in [0.4, 0.5) is 19.3 Å². The fourth-order valence-electron chi connectivity index (χ4n) is 6.98. The molecule has 5 N–H and O–H groups in total. The third-order valence-corrected chi connectivity index (χ3v) is 11.7. The molecule has 294 valence electrons. The van der Waals surface area contributed by atoms with Gasteiger partial charge in [-0.2, -0.15) is 0 Å². The molecule has 1 saturated carbocycles. The van der Waals surface area contributed by atoms with E-state index in [1.807, 2.05) is 0 Å². The number of hydrogen-bond acceptors (Lipinski definition) is 8. The molecule has 0 spiro atoms. The number of carbonyl (C=O) groups excluding carboxylic acids is 2. The Morgan fingerprint density at radius 1 is 1.02 bits per heavy atom. The molecule has 2 aliphatic rings. The Kier molecular flexibility index (Phi) is 13.5. The highest BCUT2D eigenvalue weighted by Crippen LogP contribution is 2.46. The first-order valence-electron chi connectivity index (χ1n) is 18.4. The average Bonchev–Trinajstić information content (AvgIpc) is 3.91. The third-order valence-electron chi connectivity index (χ3n) is 10.1. The first kappa shape index (κ1) is 41.2. The Balaban J connectivity index is 1.40. The van der Waals surface area contributed by atoms with Crippen LogP contribution in [0.2, 0.25) is 0 Å². The number of rotatable bonds is 16. The maximum Gasteiger partial charge on any atom is 0.410 e. The molecule has 0 radical (unpaired) electrons. The zero-order valence-corrected chi connectivity index (χ0v) is 31.9. The van der Waals surface area contributed by atoms with E-state index in [2.05, 4.69) is 10.0 Å². The Hall–Kier alpha value is -3.95. The lowest BCUT2D eigenvalue weighted by Gasteiger charge is -2.34. The summed E-state index contributed by atoms with van der Waals surface area (Å²) in [7, 11) is -4.09. The molecule has 0 aromatic heterocycles. The maximum absolute atomic E-state index is 15.7. The van der Waals surface area contributed by atoms with Crippen molar-refractivity contribution in [2.75, 3.05) is 38.2 Å². The molecule has 2 fully saturated rings. The number of anilines is 1. The van der Waals surface area contributed by atoms with E-state index in [1.165, 1.54) is 41.3 Å². The molecule has 2 amide bonds. The van der Waals surface area contributed by atoms with Gasteiger partial charge in [0.05, 0.1) is 17.5 Å². The summed E-state index contributed by atoms with van der Waals surface area (Å²) in [6.07, 6.45) is 2.03. The molecule has 1 saturated heterocycles. The lowest BCUT2D eigenvalue weighted by atomic mass is 9.76. The van der Waals surface area contributed by atoms with Gasteiger partial charge in [-0.15, -0.1) is 0 Å². The number of ether oxygens (including phenoxy) is 2. The quantitative estimate of drug-likeness (QED) is 0.144. The summed E-state index contributed by atoms with van der Waals surface area (Å²) in [5.74, 6) is -2.06. The van der Waals surface area contributed by atoms with Gasteiger partial charge in [-0.25, -0.2) is 26.7 Å². The number of carbonyl (C=O) groups is 2. The number of aliphatic hydroxyl groups is 1. The third kappa shape index (κ3) is 11.1. The van der Waals surface area contributed by atoms with Crippen molar-refractivity contribution in [3.8, 4) is 0 Å². The topological polar surface area (TPSA) is 160 Å². The molecule has 5 rings (SSSR count). The van der Waals surface area contributed by atoms with Gasteiger partial charge >= 0.3 is 6.09 Å². The smallest absolute Gasteiger partial charge is 0.410 e. The van der Waals surface area contributed by atoms with Crippen LogP contribution in [0.5, 0.6) is 0 Å². The SMILES string of the molecule is CC(C)(C)OC(=O)N(CC(CCc1c(F)cccc1NC(=O)C(N)C(c1ccc(F)cc1)C1CCOCC1)NS(=O)(=O)c1ccccc1)CC1(CO)CC1. The standard InChI is InChI=1S/C40H52F2N4O7S/c1-39(2,3)53-38(49)46(25-40(26-47)20-21-40)24-30(45-54(50,51)31-8-5-4-6-9-31)16-17-32-33(42)10-7-11-34(32)44-37(48)36(43)35(28-18-22-52-23-19-28)27-12-14-29(41)15-13-27/h4-15,28,30,35-36,45,47H,16-26,43H2,1-3H3,(H,44,48). The fraction of sp³-hybridized carbons (Fsp3) is 0.500. The number of amides is 2. The van der Waals surface area contributed by atoms with E-state index >= 15 is 4.39 Å². The molecule has 54 heavy (non-hydrogen) atoms. The second-order valence-electron chi connectivity index (χ2n) is 15.5. The van der Waals surface area contributed by atoms with Crippen molar-refractivity contribution in [3.05, 3.63) is 95.6 Å². The number of nitrogens with one attached hydrogen (secondary N) is 2. The number of sulfonamides is 1. The Morgan fingerprint density at radius 3 is 2.30 bits per heavy atom. The lowest BCUT2D eigenvalue weighted by Crippen LogP contribution is -2.49. The zero-order valence-electron chi connectivity index (χ0n) is 31.1. The van der Waals surface area contributed by atoms with E-state index in [9.17, 15) is 27.5 Å². The van der Waals surface area contributed by atoms with Crippen molar-refractivity contribution in [2.45, 2.75) is 87.8 Å². The van der Waals surface area contributed by atoms with Gasteiger partial charge in [-0.05, 0) is 107 Å². The highest BCUT2D eigenvalue weighted by molar-refractivity contribution is 7.89. The van der Waals surface area contributed by atoms with Crippen molar-refractivity contribution >= 4 is 27.7 Å². The largest absolute Gasteiger partial charge is 0.444 e. The van der Waals surface area contributed by atoms with Crippen LogP contribution in [-0.4, -0.2) is 81.0 Å². The van der Waals surface area contributed by atoms with Gasteiger partial charge in [0, 0.05) is 54.9 Å². The lowest BCUT2D eigenvalue weighted by molar-refractivity contribution is -0.118. The van der Waals surface area contributed by atoms with Gasteiger partial charge in [0.25, 0.3) is 0 Å². The zero-order chi connectivity index (χ0) is 39.1. The minimum absolute atomic E-state index is 0.0103. The second-order valence-corrected chi connectivity index (χ2v) is 17.2. The molecule has 1 heterocycles. The summed E-state index contributed by atoms with van der Waals surface area (Å²) in [5.41, 5.74) is 6.31. The van der Waals surface area contributed by atoms with Crippen LogP contribution in [0.3, 0.4) is 0 Å². The van der Waals surface area contributed by atoms with Crippen LogP contribution >= 0.6 is 0 Å². The fourth-order valence-corrected chi connectivity index (χ4v) is 8.26. The predicted molar refractivity (Wildman–Crippen MR) is 201 cm³/mol. The van der Waals surface area contributed by atoms with Crippen LogP contribution in [0.1, 0.15) is 69.9 Å². The van der Waals surface area contributed by atoms with E-state index in [-0.39, 0.29) is 54.6 Å². The minimum atomic E-state index is -4.09. The highest BCUT2D eigenvalue weighted by atomic mass is 32.2. The first-order chi connectivity index (χ1) is 25.6. The van der Waals surface area contributed by atoms with Gasteiger partial charge in [-0.1, -0.05) is 36.4 Å². The summed E-state index contributed by atoms with van der Waals surface area (Å²) in [5, 5.41) is 12.9. The van der Waals surface area contributed by atoms with Crippen molar-refractivity contribution < 1.29 is 41.4 Å². The Bertz CT molecular complexity index is 1830. The van der Waals surface area contributed by atoms with E-state index in [0.717, 1.165) is 0 Å².